The van der Waals surface area contributed by atoms with Crippen molar-refractivity contribution in [1.82, 2.24) is 10.2 Å². The van der Waals surface area contributed by atoms with E-state index in [-0.39, 0.29) is 0 Å². The minimum absolute atomic E-state index is 0.570. The molecule has 5 rings (SSSR count). The Bertz CT molecular complexity index is 1090. The van der Waals surface area contributed by atoms with E-state index in [0.717, 1.165) is 28.0 Å². The number of anilines is 1. The largest absolute Gasteiger partial charge is 0.457 e. The van der Waals surface area contributed by atoms with Gasteiger partial charge in [-0.15, -0.1) is 0 Å². The quantitative estimate of drug-likeness (QED) is 0.446. The first kappa shape index (κ1) is 16.9. The minimum Gasteiger partial charge on any atom is -0.457 e. The molecule has 140 valence electrons. The maximum absolute atomic E-state index is 6.14. The van der Waals surface area contributed by atoms with Gasteiger partial charge in [-0.1, -0.05) is 43.2 Å². The fraction of sp³-hybridized carbons (Fsp3) is 0.208. The van der Waals surface area contributed by atoms with Gasteiger partial charge < -0.3 is 10.5 Å². The van der Waals surface area contributed by atoms with E-state index in [4.69, 9.17) is 10.5 Å². The second-order valence-corrected chi connectivity index (χ2v) is 7.52. The molecule has 1 fully saturated rings. The van der Waals surface area contributed by atoms with Crippen LogP contribution in [-0.2, 0) is 0 Å². The predicted octanol–water partition coefficient (Wildman–Crippen LogP) is 6.26. The summed E-state index contributed by atoms with van der Waals surface area (Å²) >= 11 is 0. The second-order valence-electron chi connectivity index (χ2n) is 7.52. The predicted molar refractivity (Wildman–Crippen MR) is 114 cm³/mol. The van der Waals surface area contributed by atoms with Crippen LogP contribution in [0.4, 0.5) is 5.82 Å². The van der Waals surface area contributed by atoms with Gasteiger partial charge in [-0.25, -0.2) is 0 Å². The summed E-state index contributed by atoms with van der Waals surface area (Å²) in [5.74, 6) is 2.82. The lowest BCUT2D eigenvalue weighted by Crippen LogP contribution is -1.95. The van der Waals surface area contributed by atoms with Gasteiger partial charge in [0.2, 0.25) is 0 Å². The SMILES string of the molecule is Nc1n[nH]c2c(C3CCCC3)cc(-c3ccc(Oc4ccccc4)cc3)cc12. The molecule has 1 heterocycles. The molecule has 1 saturated carbocycles. The Balaban J connectivity index is 1.51. The number of benzene rings is 3. The van der Waals surface area contributed by atoms with Crippen molar-refractivity contribution in [2.45, 2.75) is 31.6 Å². The number of hydrogen-bond donors (Lipinski definition) is 2. The molecule has 3 aromatic carbocycles. The van der Waals surface area contributed by atoms with Gasteiger partial charge in [-0.05, 0) is 71.8 Å². The molecular formula is C24H23N3O. The Hall–Kier alpha value is -3.27. The Kier molecular flexibility index (Phi) is 4.24. The van der Waals surface area contributed by atoms with Gasteiger partial charge >= 0.3 is 0 Å². The Morgan fingerprint density at radius 2 is 1.57 bits per heavy atom. The zero-order chi connectivity index (χ0) is 18.9. The monoisotopic (exact) mass is 369 g/mol. The third kappa shape index (κ3) is 3.11. The first-order valence-corrected chi connectivity index (χ1v) is 9.89. The van der Waals surface area contributed by atoms with Crippen LogP contribution in [0.2, 0.25) is 0 Å². The van der Waals surface area contributed by atoms with Crippen molar-refractivity contribution in [3.8, 4) is 22.6 Å². The molecule has 0 bridgehead atoms. The number of aromatic nitrogens is 2. The second kappa shape index (κ2) is 7.04. The Morgan fingerprint density at radius 3 is 2.32 bits per heavy atom. The molecule has 0 saturated heterocycles. The summed E-state index contributed by atoms with van der Waals surface area (Å²) in [5.41, 5.74) is 10.9. The smallest absolute Gasteiger partial charge is 0.153 e. The number of nitrogens with two attached hydrogens (primary N) is 1. The Labute approximate surface area is 164 Å². The van der Waals surface area contributed by atoms with Crippen LogP contribution in [0.5, 0.6) is 11.5 Å². The van der Waals surface area contributed by atoms with Crippen molar-refractivity contribution in [1.29, 1.82) is 0 Å². The number of nitrogens with one attached hydrogen (secondary N) is 1. The summed E-state index contributed by atoms with van der Waals surface area (Å²) in [6, 6.07) is 22.5. The van der Waals surface area contributed by atoms with Crippen LogP contribution in [0.25, 0.3) is 22.0 Å². The van der Waals surface area contributed by atoms with Gasteiger partial charge in [0.15, 0.2) is 5.82 Å². The zero-order valence-corrected chi connectivity index (χ0v) is 15.7. The standard InChI is InChI=1S/C24H23N3O/c25-24-22-15-18(14-21(23(22)26-27-24)17-6-4-5-7-17)16-10-12-20(13-11-16)28-19-8-2-1-3-9-19/h1-3,8-15,17H,4-7H2,(H3,25,26,27). The van der Waals surface area contributed by atoms with Gasteiger partial charge in [0.25, 0.3) is 0 Å². The van der Waals surface area contributed by atoms with Gasteiger partial charge in [-0.2, -0.15) is 5.10 Å². The molecule has 0 aliphatic heterocycles. The summed E-state index contributed by atoms with van der Waals surface area (Å²) < 4.78 is 5.92. The maximum atomic E-state index is 6.14. The fourth-order valence-electron chi connectivity index (χ4n) is 4.23. The lowest BCUT2D eigenvalue weighted by Gasteiger charge is -2.14. The van der Waals surface area contributed by atoms with Crippen LogP contribution in [0.15, 0.2) is 66.7 Å². The lowest BCUT2D eigenvalue weighted by molar-refractivity contribution is 0.483. The van der Waals surface area contributed by atoms with E-state index in [0.29, 0.717) is 11.7 Å². The van der Waals surface area contributed by atoms with Gasteiger partial charge in [-0.3, -0.25) is 5.10 Å². The molecule has 4 heteroatoms. The molecule has 0 amide bonds. The fourth-order valence-corrected chi connectivity index (χ4v) is 4.23. The van der Waals surface area contributed by atoms with E-state index in [1.807, 2.05) is 42.5 Å². The van der Waals surface area contributed by atoms with Crippen molar-refractivity contribution >= 4 is 16.7 Å². The number of nitrogens with zero attached hydrogens (tertiary/aromatic N) is 1. The number of para-hydroxylation sites is 1. The molecule has 0 unspecified atom stereocenters. The van der Waals surface area contributed by atoms with E-state index in [2.05, 4.69) is 34.5 Å². The van der Waals surface area contributed by atoms with E-state index >= 15 is 0 Å². The van der Waals surface area contributed by atoms with Crippen LogP contribution >= 0.6 is 0 Å². The van der Waals surface area contributed by atoms with Crippen LogP contribution < -0.4 is 10.5 Å². The van der Waals surface area contributed by atoms with Crippen molar-refractivity contribution < 1.29 is 4.74 Å². The first-order chi connectivity index (χ1) is 13.8. The summed E-state index contributed by atoms with van der Waals surface area (Å²) in [6.45, 7) is 0. The van der Waals surface area contributed by atoms with Crippen LogP contribution in [-0.4, -0.2) is 10.2 Å². The molecular weight excluding hydrogens is 346 g/mol. The van der Waals surface area contributed by atoms with E-state index in [1.165, 1.54) is 36.8 Å². The number of rotatable bonds is 4. The third-order valence-electron chi connectivity index (χ3n) is 5.69. The topological polar surface area (TPSA) is 63.9 Å². The number of nitrogen functional groups attached to an aromatic ring is 1. The van der Waals surface area contributed by atoms with Crippen molar-refractivity contribution in [3.05, 3.63) is 72.3 Å². The number of hydrogen-bond acceptors (Lipinski definition) is 3. The molecule has 1 aliphatic carbocycles. The molecule has 0 spiro atoms. The molecule has 3 N–H and O–H groups in total. The normalized spacial score (nSPS) is 14.6. The van der Waals surface area contributed by atoms with E-state index in [9.17, 15) is 0 Å². The highest BCUT2D eigenvalue weighted by molar-refractivity contribution is 5.95. The van der Waals surface area contributed by atoms with Gasteiger partial charge in [0.05, 0.1) is 5.52 Å². The maximum Gasteiger partial charge on any atom is 0.153 e. The lowest BCUT2D eigenvalue weighted by atomic mass is 9.91. The van der Waals surface area contributed by atoms with E-state index in [1.54, 1.807) is 0 Å². The number of fused-ring (bicyclic) bond motifs is 1. The first-order valence-electron chi connectivity index (χ1n) is 9.89. The third-order valence-corrected chi connectivity index (χ3v) is 5.69. The van der Waals surface area contributed by atoms with Crippen molar-refractivity contribution in [3.63, 3.8) is 0 Å². The highest BCUT2D eigenvalue weighted by Gasteiger charge is 2.22. The van der Waals surface area contributed by atoms with Crippen molar-refractivity contribution in [2.24, 2.45) is 0 Å². The molecule has 1 aromatic heterocycles. The number of aromatic amines is 1. The number of H-pyrrole nitrogens is 1. The minimum atomic E-state index is 0.570. The summed E-state index contributed by atoms with van der Waals surface area (Å²) in [6.07, 6.45) is 5.07. The molecule has 0 radical (unpaired) electrons. The average Bonchev–Trinajstić information content (AvgIpc) is 3.39. The summed E-state index contributed by atoms with van der Waals surface area (Å²) in [5, 5.41) is 8.43. The number of ether oxygens (including phenoxy) is 1. The molecule has 4 nitrogen and oxygen atoms in total. The highest BCUT2D eigenvalue weighted by Crippen LogP contribution is 2.40. The van der Waals surface area contributed by atoms with E-state index < -0.39 is 0 Å². The molecule has 4 aromatic rings. The summed E-state index contributed by atoms with van der Waals surface area (Å²) in [7, 11) is 0. The summed E-state index contributed by atoms with van der Waals surface area (Å²) in [4.78, 5) is 0. The van der Waals surface area contributed by atoms with Gasteiger partial charge in [0, 0.05) is 5.39 Å². The highest BCUT2D eigenvalue weighted by atomic mass is 16.5. The molecule has 0 atom stereocenters. The molecule has 1 aliphatic rings. The Morgan fingerprint density at radius 1 is 0.857 bits per heavy atom. The van der Waals surface area contributed by atoms with Crippen LogP contribution in [0.1, 0.15) is 37.2 Å². The van der Waals surface area contributed by atoms with Crippen LogP contribution in [0.3, 0.4) is 0 Å². The van der Waals surface area contributed by atoms with Crippen LogP contribution in [0, 0.1) is 0 Å². The average molecular weight is 369 g/mol. The zero-order valence-electron chi connectivity index (χ0n) is 15.7. The molecule has 28 heavy (non-hydrogen) atoms. The van der Waals surface area contributed by atoms with Crippen molar-refractivity contribution in [2.75, 3.05) is 5.73 Å². The van der Waals surface area contributed by atoms with Gasteiger partial charge in [0.1, 0.15) is 11.5 Å².